The molecule has 27 heavy (non-hydrogen) atoms. The van der Waals surface area contributed by atoms with Crippen LogP contribution >= 0.6 is 0 Å². The fourth-order valence-corrected chi connectivity index (χ4v) is 2.72. The maximum absolute atomic E-state index is 12.4. The molecular formula is C19H24N4O4. The Bertz CT molecular complexity index is 761. The molecule has 2 heterocycles. The minimum atomic E-state index is -0.242. The first-order valence-electron chi connectivity index (χ1n) is 8.89. The van der Waals surface area contributed by atoms with Crippen LogP contribution < -0.4 is 19.7 Å². The van der Waals surface area contributed by atoms with Gasteiger partial charge >= 0.3 is 0 Å². The third-order valence-corrected chi connectivity index (χ3v) is 4.11. The lowest BCUT2D eigenvalue weighted by atomic mass is 10.3. The van der Waals surface area contributed by atoms with Crippen LogP contribution in [0, 0.1) is 6.92 Å². The SMILES string of the molecule is COc1ccc(OCCNC(=O)c2cc(N3CCOCC3)nc(C)n2)cc1. The average Bonchev–Trinajstić information content (AvgIpc) is 2.71. The maximum atomic E-state index is 12.4. The van der Waals surface area contributed by atoms with Gasteiger partial charge < -0.3 is 24.4 Å². The van der Waals surface area contributed by atoms with Crippen LogP contribution in [-0.2, 0) is 4.74 Å². The number of hydrogen-bond acceptors (Lipinski definition) is 7. The van der Waals surface area contributed by atoms with E-state index in [0.29, 0.717) is 37.9 Å². The Hall–Kier alpha value is -2.87. The summed E-state index contributed by atoms with van der Waals surface area (Å²) >= 11 is 0. The van der Waals surface area contributed by atoms with Crippen molar-refractivity contribution in [1.29, 1.82) is 0 Å². The van der Waals surface area contributed by atoms with Crippen LogP contribution in [0.5, 0.6) is 11.5 Å². The van der Waals surface area contributed by atoms with Crippen molar-refractivity contribution in [2.75, 3.05) is 51.5 Å². The number of rotatable bonds is 7. The highest BCUT2D eigenvalue weighted by Crippen LogP contribution is 2.17. The molecule has 1 amide bonds. The van der Waals surface area contributed by atoms with E-state index in [9.17, 15) is 4.79 Å². The minimum Gasteiger partial charge on any atom is -0.497 e. The van der Waals surface area contributed by atoms with E-state index >= 15 is 0 Å². The number of benzene rings is 1. The summed E-state index contributed by atoms with van der Waals surface area (Å²) in [6, 6.07) is 9.01. The molecule has 1 aliphatic rings. The molecule has 0 unspecified atom stereocenters. The van der Waals surface area contributed by atoms with Crippen LogP contribution in [0.2, 0.25) is 0 Å². The summed E-state index contributed by atoms with van der Waals surface area (Å²) in [6.45, 7) is 5.35. The first-order chi connectivity index (χ1) is 13.2. The summed E-state index contributed by atoms with van der Waals surface area (Å²) in [5.41, 5.74) is 0.355. The zero-order valence-corrected chi connectivity index (χ0v) is 15.6. The van der Waals surface area contributed by atoms with E-state index in [1.165, 1.54) is 0 Å². The molecule has 0 saturated carbocycles. The van der Waals surface area contributed by atoms with Gasteiger partial charge in [0.15, 0.2) is 0 Å². The van der Waals surface area contributed by atoms with Crippen molar-refractivity contribution < 1.29 is 19.0 Å². The molecule has 1 N–H and O–H groups in total. The second-order valence-electron chi connectivity index (χ2n) is 6.04. The highest BCUT2D eigenvalue weighted by molar-refractivity contribution is 5.92. The van der Waals surface area contributed by atoms with Gasteiger partial charge in [0.1, 0.15) is 35.4 Å². The normalized spacial score (nSPS) is 13.9. The molecular weight excluding hydrogens is 348 g/mol. The molecule has 1 aliphatic heterocycles. The number of carbonyl (C=O) groups is 1. The highest BCUT2D eigenvalue weighted by Gasteiger charge is 2.16. The maximum Gasteiger partial charge on any atom is 0.270 e. The molecule has 1 aromatic heterocycles. The molecule has 1 saturated heterocycles. The van der Waals surface area contributed by atoms with Gasteiger partial charge in [-0.3, -0.25) is 4.79 Å². The number of carbonyl (C=O) groups excluding carboxylic acids is 1. The van der Waals surface area contributed by atoms with Gasteiger partial charge in [-0.2, -0.15) is 0 Å². The van der Waals surface area contributed by atoms with Crippen molar-refractivity contribution in [2.24, 2.45) is 0 Å². The first kappa shape index (κ1) is 18.9. The van der Waals surface area contributed by atoms with Crippen molar-refractivity contribution in [3.8, 4) is 11.5 Å². The number of morpholine rings is 1. The zero-order chi connectivity index (χ0) is 19.1. The molecule has 0 bridgehead atoms. The third kappa shape index (κ3) is 5.30. The van der Waals surface area contributed by atoms with Gasteiger partial charge in [0.25, 0.3) is 5.91 Å². The number of nitrogens with zero attached hydrogens (tertiary/aromatic N) is 3. The Morgan fingerprint density at radius 1 is 1.19 bits per heavy atom. The van der Waals surface area contributed by atoms with Crippen LogP contribution in [0.1, 0.15) is 16.3 Å². The van der Waals surface area contributed by atoms with Crippen molar-refractivity contribution in [2.45, 2.75) is 6.92 Å². The summed E-state index contributed by atoms with van der Waals surface area (Å²) < 4.78 is 16.1. The number of amides is 1. The molecule has 8 heteroatoms. The van der Waals surface area contributed by atoms with Gasteiger partial charge in [0.05, 0.1) is 26.9 Å². The molecule has 2 aromatic rings. The molecule has 144 valence electrons. The molecule has 0 spiro atoms. The standard InChI is InChI=1S/C19H24N4O4/c1-14-21-17(13-18(22-14)23-8-11-26-12-9-23)19(24)20-7-10-27-16-5-3-15(25-2)4-6-16/h3-6,13H,7-12H2,1-2H3,(H,20,24). The molecule has 1 fully saturated rings. The Balaban J connectivity index is 1.51. The second kappa shape index (κ2) is 9.18. The molecule has 0 aliphatic carbocycles. The Morgan fingerprint density at radius 2 is 1.89 bits per heavy atom. The summed E-state index contributed by atoms with van der Waals surface area (Å²) in [5, 5.41) is 2.83. The van der Waals surface area contributed by atoms with Gasteiger partial charge in [0, 0.05) is 19.2 Å². The quantitative estimate of drug-likeness (QED) is 0.736. The zero-order valence-electron chi connectivity index (χ0n) is 15.6. The number of aromatic nitrogens is 2. The van der Waals surface area contributed by atoms with Gasteiger partial charge in [-0.05, 0) is 31.2 Å². The van der Waals surface area contributed by atoms with Crippen LogP contribution in [-0.4, -0.2) is 62.4 Å². The van der Waals surface area contributed by atoms with E-state index in [-0.39, 0.29) is 5.91 Å². The van der Waals surface area contributed by atoms with Crippen LogP contribution in [0.15, 0.2) is 30.3 Å². The fraction of sp³-hybridized carbons (Fsp3) is 0.421. The lowest BCUT2D eigenvalue weighted by Crippen LogP contribution is -2.37. The number of ether oxygens (including phenoxy) is 3. The smallest absolute Gasteiger partial charge is 0.270 e. The number of hydrogen-bond donors (Lipinski definition) is 1. The summed E-state index contributed by atoms with van der Waals surface area (Å²) in [4.78, 5) is 23.2. The molecule has 1 aromatic carbocycles. The van der Waals surface area contributed by atoms with E-state index < -0.39 is 0 Å². The van der Waals surface area contributed by atoms with E-state index in [0.717, 1.165) is 30.4 Å². The number of anilines is 1. The number of aryl methyl sites for hydroxylation is 1. The molecule has 0 radical (unpaired) electrons. The van der Waals surface area contributed by atoms with E-state index in [2.05, 4.69) is 20.2 Å². The second-order valence-corrected chi connectivity index (χ2v) is 6.04. The minimum absolute atomic E-state index is 0.242. The van der Waals surface area contributed by atoms with Crippen LogP contribution in [0.3, 0.4) is 0 Å². The number of methoxy groups -OCH3 is 1. The first-order valence-corrected chi connectivity index (χ1v) is 8.89. The van der Waals surface area contributed by atoms with Gasteiger partial charge in [-0.25, -0.2) is 9.97 Å². The molecule has 0 atom stereocenters. The van der Waals surface area contributed by atoms with E-state index in [1.807, 2.05) is 24.3 Å². The highest BCUT2D eigenvalue weighted by atomic mass is 16.5. The van der Waals surface area contributed by atoms with Crippen LogP contribution in [0.4, 0.5) is 5.82 Å². The van der Waals surface area contributed by atoms with Crippen molar-refractivity contribution in [3.63, 3.8) is 0 Å². The van der Waals surface area contributed by atoms with Crippen molar-refractivity contribution in [3.05, 3.63) is 41.9 Å². The van der Waals surface area contributed by atoms with Gasteiger partial charge in [-0.15, -0.1) is 0 Å². The fourth-order valence-electron chi connectivity index (χ4n) is 2.72. The summed E-state index contributed by atoms with van der Waals surface area (Å²) in [5.74, 6) is 2.57. The van der Waals surface area contributed by atoms with Crippen molar-refractivity contribution in [1.82, 2.24) is 15.3 Å². The predicted molar refractivity (Wildman–Crippen MR) is 101 cm³/mol. The Labute approximate surface area is 158 Å². The topological polar surface area (TPSA) is 85.8 Å². The summed E-state index contributed by atoms with van der Waals surface area (Å²) in [6.07, 6.45) is 0. The van der Waals surface area contributed by atoms with Gasteiger partial charge in [0.2, 0.25) is 0 Å². The van der Waals surface area contributed by atoms with Crippen LogP contribution in [0.25, 0.3) is 0 Å². The predicted octanol–water partition coefficient (Wildman–Crippen LogP) is 1.44. The lowest BCUT2D eigenvalue weighted by molar-refractivity contribution is 0.0941. The van der Waals surface area contributed by atoms with E-state index in [1.54, 1.807) is 20.1 Å². The molecule has 8 nitrogen and oxygen atoms in total. The largest absolute Gasteiger partial charge is 0.497 e. The summed E-state index contributed by atoms with van der Waals surface area (Å²) in [7, 11) is 1.62. The van der Waals surface area contributed by atoms with Crippen molar-refractivity contribution >= 4 is 11.7 Å². The monoisotopic (exact) mass is 372 g/mol. The third-order valence-electron chi connectivity index (χ3n) is 4.11. The average molecular weight is 372 g/mol. The Kier molecular flexibility index (Phi) is 6.43. The number of nitrogens with one attached hydrogen (secondary N) is 1. The Morgan fingerprint density at radius 3 is 2.59 bits per heavy atom. The van der Waals surface area contributed by atoms with E-state index in [4.69, 9.17) is 14.2 Å². The van der Waals surface area contributed by atoms with Gasteiger partial charge in [-0.1, -0.05) is 0 Å². The lowest BCUT2D eigenvalue weighted by Gasteiger charge is -2.28. The molecule has 3 rings (SSSR count).